The van der Waals surface area contributed by atoms with E-state index < -0.39 is 0 Å². The third-order valence-electron chi connectivity index (χ3n) is 2.83. The Labute approximate surface area is 114 Å². The number of nitrogens with one attached hydrogen (secondary N) is 2. The summed E-state index contributed by atoms with van der Waals surface area (Å²) in [5.74, 6) is 0.0274. The van der Waals surface area contributed by atoms with Crippen LogP contribution in [0.1, 0.15) is 17.7 Å². The van der Waals surface area contributed by atoms with Crippen LogP contribution in [0.3, 0.4) is 0 Å². The van der Waals surface area contributed by atoms with Crippen molar-refractivity contribution in [3.63, 3.8) is 0 Å². The highest BCUT2D eigenvalue weighted by atomic mass is 32.1. The Morgan fingerprint density at radius 1 is 1.47 bits per heavy atom. The van der Waals surface area contributed by atoms with E-state index in [0.717, 1.165) is 25.1 Å². The minimum Gasteiger partial charge on any atom is -0.378 e. The second kappa shape index (κ2) is 5.40. The van der Waals surface area contributed by atoms with Crippen LogP contribution in [0, 0.1) is 0 Å². The Morgan fingerprint density at radius 2 is 2.37 bits per heavy atom. The van der Waals surface area contributed by atoms with Gasteiger partial charge in [0.1, 0.15) is 6.54 Å². The van der Waals surface area contributed by atoms with Crippen LogP contribution in [-0.2, 0) is 17.9 Å². The van der Waals surface area contributed by atoms with Crippen molar-refractivity contribution in [3.05, 3.63) is 29.0 Å². The minimum absolute atomic E-state index is 0.0274. The molecule has 0 aliphatic heterocycles. The van der Waals surface area contributed by atoms with Crippen LogP contribution in [0.25, 0.3) is 0 Å². The molecule has 1 fully saturated rings. The van der Waals surface area contributed by atoms with Crippen molar-refractivity contribution >= 4 is 22.9 Å². The summed E-state index contributed by atoms with van der Waals surface area (Å²) in [7, 11) is 0. The first-order valence-electron chi connectivity index (χ1n) is 6.22. The fourth-order valence-corrected chi connectivity index (χ4v) is 2.24. The predicted molar refractivity (Wildman–Crippen MR) is 72.8 cm³/mol. The normalized spacial score (nSPS) is 14.3. The van der Waals surface area contributed by atoms with Crippen LogP contribution < -0.4 is 10.6 Å². The molecule has 1 aliphatic carbocycles. The molecular weight excluding hydrogens is 262 g/mol. The molecular formula is C12H15N5OS. The lowest BCUT2D eigenvalue weighted by molar-refractivity contribution is -0.122. The van der Waals surface area contributed by atoms with Crippen molar-refractivity contribution in [2.75, 3.05) is 5.32 Å². The van der Waals surface area contributed by atoms with E-state index in [9.17, 15) is 4.79 Å². The molecule has 2 N–H and O–H groups in total. The smallest absolute Gasteiger partial charge is 0.241 e. The summed E-state index contributed by atoms with van der Waals surface area (Å²) in [5, 5.41) is 10.4. The number of hydrogen-bond donors (Lipinski definition) is 2. The lowest BCUT2D eigenvalue weighted by Crippen LogP contribution is -2.29. The molecule has 1 saturated carbocycles. The van der Waals surface area contributed by atoms with E-state index in [1.165, 1.54) is 4.88 Å². The summed E-state index contributed by atoms with van der Waals surface area (Å²) in [4.78, 5) is 16.8. The molecule has 0 bridgehead atoms. The second-order valence-electron chi connectivity index (χ2n) is 4.59. The Morgan fingerprint density at radius 3 is 3.11 bits per heavy atom. The molecule has 1 amide bonds. The summed E-state index contributed by atoms with van der Waals surface area (Å²) in [6.07, 6.45) is 7.61. The average Bonchev–Trinajstić information content (AvgIpc) is 2.91. The van der Waals surface area contributed by atoms with Gasteiger partial charge in [0.2, 0.25) is 5.91 Å². The number of rotatable bonds is 6. The lowest BCUT2D eigenvalue weighted by atomic mass is 10.5. The molecule has 2 heterocycles. The zero-order valence-electron chi connectivity index (χ0n) is 10.4. The number of carbonyl (C=O) groups excluding carboxylic acids is 1. The van der Waals surface area contributed by atoms with Gasteiger partial charge in [0, 0.05) is 23.3 Å². The number of anilines is 1. The maximum absolute atomic E-state index is 11.6. The predicted octanol–water partition coefficient (Wildman–Crippen LogP) is 1.23. The highest BCUT2D eigenvalue weighted by molar-refractivity contribution is 7.09. The monoisotopic (exact) mass is 277 g/mol. The van der Waals surface area contributed by atoms with Crippen LogP contribution in [0.4, 0.5) is 5.69 Å². The van der Waals surface area contributed by atoms with Crippen LogP contribution in [-0.4, -0.2) is 26.7 Å². The van der Waals surface area contributed by atoms with Crippen LogP contribution in [0.15, 0.2) is 24.1 Å². The standard InChI is InChI=1S/C12H15N5OS/c18-12(16-9-1-2-9)7-17-6-10(3-15-17)14-5-11-4-13-8-19-11/h3-4,6,8-9,14H,1-2,5,7H2,(H,16,18). The maximum Gasteiger partial charge on any atom is 0.241 e. The largest absolute Gasteiger partial charge is 0.378 e. The number of aromatic nitrogens is 3. The van der Waals surface area contributed by atoms with E-state index in [2.05, 4.69) is 20.7 Å². The van der Waals surface area contributed by atoms with Crippen molar-refractivity contribution in [1.82, 2.24) is 20.1 Å². The molecule has 3 rings (SSSR count). The molecule has 6 nitrogen and oxygen atoms in total. The molecule has 0 unspecified atom stereocenters. The van der Waals surface area contributed by atoms with Gasteiger partial charge in [-0.3, -0.25) is 14.5 Å². The Kier molecular flexibility index (Phi) is 3.45. The first-order valence-corrected chi connectivity index (χ1v) is 7.10. The Balaban J connectivity index is 1.49. The lowest BCUT2D eigenvalue weighted by Gasteiger charge is -2.03. The molecule has 1 aliphatic rings. The van der Waals surface area contributed by atoms with Gasteiger partial charge in [-0.25, -0.2) is 0 Å². The number of nitrogens with zero attached hydrogens (tertiary/aromatic N) is 3. The molecule has 2 aromatic heterocycles. The fraction of sp³-hybridized carbons (Fsp3) is 0.417. The number of carbonyl (C=O) groups is 1. The van der Waals surface area contributed by atoms with E-state index >= 15 is 0 Å². The zero-order chi connectivity index (χ0) is 13.1. The minimum atomic E-state index is 0.0274. The number of thiazole rings is 1. The molecule has 0 atom stereocenters. The average molecular weight is 277 g/mol. The Hall–Kier alpha value is -1.89. The topological polar surface area (TPSA) is 71.8 Å². The quantitative estimate of drug-likeness (QED) is 0.833. The van der Waals surface area contributed by atoms with Gasteiger partial charge in [-0.15, -0.1) is 11.3 Å². The number of amides is 1. The van der Waals surface area contributed by atoms with E-state index in [0.29, 0.717) is 6.04 Å². The van der Waals surface area contributed by atoms with Gasteiger partial charge in [-0.05, 0) is 12.8 Å². The number of hydrogen-bond acceptors (Lipinski definition) is 5. The molecule has 0 radical (unpaired) electrons. The summed E-state index contributed by atoms with van der Waals surface area (Å²) in [6, 6.07) is 0.395. The maximum atomic E-state index is 11.6. The molecule has 0 saturated heterocycles. The van der Waals surface area contributed by atoms with Gasteiger partial charge in [0.25, 0.3) is 0 Å². The summed E-state index contributed by atoms with van der Waals surface area (Å²) in [6.45, 7) is 1.00. The highest BCUT2D eigenvalue weighted by Gasteiger charge is 2.23. The van der Waals surface area contributed by atoms with Crippen molar-refractivity contribution in [2.45, 2.75) is 32.0 Å². The summed E-state index contributed by atoms with van der Waals surface area (Å²) >= 11 is 1.61. The first-order chi connectivity index (χ1) is 9.29. The van der Waals surface area contributed by atoms with Crippen LogP contribution >= 0.6 is 11.3 Å². The fourth-order valence-electron chi connectivity index (χ4n) is 1.71. The van der Waals surface area contributed by atoms with Gasteiger partial charge >= 0.3 is 0 Å². The molecule has 100 valence electrons. The van der Waals surface area contributed by atoms with E-state index in [1.807, 2.05) is 17.9 Å². The summed E-state index contributed by atoms with van der Waals surface area (Å²) in [5.41, 5.74) is 2.72. The Bertz CT molecular complexity index is 546. The molecule has 0 spiro atoms. The van der Waals surface area contributed by atoms with Crippen LogP contribution in [0.5, 0.6) is 0 Å². The summed E-state index contributed by atoms with van der Waals surface area (Å²) < 4.78 is 1.65. The van der Waals surface area contributed by atoms with Gasteiger partial charge in [-0.2, -0.15) is 5.10 Å². The molecule has 0 aromatic carbocycles. The third kappa shape index (κ3) is 3.54. The molecule has 7 heteroatoms. The van der Waals surface area contributed by atoms with E-state index in [-0.39, 0.29) is 12.5 Å². The second-order valence-corrected chi connectivity index (χ2v) is 5.56. The van der Waals surface area contributed by atoms with Gasteiger partial charge < -0.3 is 10.6 Å². The van der Waals surface area contributed by atoms with Crippen molar-refractivity contribution in [3.8, 4) is 0 Å². The third-order valence-corrected chi connectivity index (χ3v) is 3.61. The van der Waals surface area contributed by atoms with E-state index in [1.54, 1.807) is 22.2 Å². The highest BCUT2D eigenvalue weighted by Crippen LogP contribution is 2.18. The van der Waals surface area contributed by atoms with E-state index in [4.69, 9.17) is 0 Å². The van der Waals surface area contributed by atoms with Crippen LogP contribution in [0.2, 0.25) is 0 Å². The SMILES string of the molecule is O=C(Cn1cc(NCc2cncs2)cn1)NC1CC1. The molecule has 19 heavy (non-hydrogen) atoms. The van der Waals surface area contributed by atoms with Crippen molar-refractivity contribution in [2.24, 2.45) is 0 Å². The first kappa shape index (κ1) is 12.2. The van der Waals surface area contributed by atoms with Crippen molar-refractivity contribution in [1.29, 1.82) is 0 Å². The van der Waals surface area contributed by atoms with Crippen molar-refractivity contribution < 1.29 is 4.79 Å². The van der Waals surface area contributed by atoms with Gasteiger partial charge in [0.15, 0.2) is 0 Å². The van der Waals surface area contributed by atoms with Gasteiger partial charge in [-0.1, -0.05) is 0 Å². The molecule has 2 aromatic rings. The zero-order valence-corrected chi connectivity index (χ0v) is 11.2. The van der Waals surface area contributed by atoms with Gasteiger partial charge in [0.05, 0.1) is 23.9 Å².